The third-order valence-electron chi connectivity index (χ3n) is 1.35. The van der Waals surface area contributed by atoms with E-state index < -0.39 is 0 Å². The Bertz CT molecular complexity index is 101. The number of hydrogen-bond donors (Lipinski definition) is 0. The van der Waals surface area contributed by atoms with E-state index in [0.29, 0.717) is 5.37 Å². The van der Waals surface area contributed by atoms with Crippen LogP contribution in [0.15, 0.2) is 12.3 Å². The maximum atomic E-state index is 2.22. The van der Waals surface area contributed by atoms with Gasteiger partial charge in [-0.3, -0.25) is 0 Å². The fraction of sp³-hybridized carbons (Fsp3) is 0.667. The lowest BCUT2D eigenvalue weighted by Gasteiger charge is -2.25. The zero-order valence-corrected chi connectivity index (χ0v) is 6.11. The average molecular weight is 129 g/mol. The Morgan fingerprint density at radius 3 is 2.88 bits per heavy atom. The summed E-state index contributed by atoms with van der Waals surface area (Å²) in [5.74, 6) is 1.17. The molecule has 0 aromatic carbocycles. The fourth-order valence-electron chi connectivity index (χ4n) is 0.643. The smallest absolute Gasteiger partial charge is 0.0717 e. The van der Waals surface area contributed by atoms with Crippen molar-refractivity contribution < 1.29 is 0 Å². The van der Waals surface area contributed by atoms with Crippen molar-refractivity contribution in [3.05, 3.63) is 12.3 Å². The second-order valence-electron chi connectivity index (χ2n) is 1.98. The number of hydrogen-bond acceptors (Lipinski definition) is 2. The summed E-state index contributed by atoms with van der Waals surface area (Å²) in [6.07, 6.45) is 4.33. The van der Waals surface area contributed by atoms with E-state index in [9.17, 15) is 0 Å². The zero-order valence-electron chi connectivity index (χ0n) is 5.29. The van der Waals surface area contributed by atoms with Crippen molar-refractivity contribution in [2.75, 3.05) is 12.8 Å². The molecule has 1 unspecified atom stereocenters. The van der Waals surface area contributed by atoms with Gasteiger partial charge in [0.1, 0.15) is 0 Å². The average Bonchev–Trinajstić information content (AvgIpc) is 1.77. The van der Waals surface area contributed by atoms with Crippen LogP contribution in [0.4, 0.5) is 0 Å². The van der Waals surface area contributed by atoms with E-state index in [1.807, 2.05) is 11.8 Å². The molecule has 0 spiro atoms. The highest BCUT2D eigenvalue weighted by atomic mass is 32.2. The molecule has 1 nitrogen and oxygen atoms in total. The molecule has 2 heteroatoms. The number of rotatable bonds is 0. The quantitative estimate of drug-likeness (QED) is 0.488. The van der Waals surface area contributed by atoms with Crippen molar-refractivity contribution in [3.63, 3.8) is 0 Å². The third kappa shape index (κ3) is 1.19. The van der Waals surface area contributed by atoms with E-state index in [1.54, 1.807) is 0 Å². The van der Waals surface area contributed by atoms with Gasteiger partial charge in [0.25, 0.3) is 0 Å². The lowest BCUT2D eigenvalue weighted by Crippen LogP contribution is -2.23. The summed E-state index contributed by atoms with van der Waals surface area (Å²) in [4.78, 5) is 2.22. The Labute approximate surface area is 54.8 Å². The lowest BCUT2D eigenvalue weighted by atomic mass is 10.6. The van der Waals surface area contributed by atoms with Gasteiger partial charge in [0.2, 0.25) is 0 Å². The van der Waals surface area contributed by atoms with Gasteiger partial charge in [0.05, 0.1) is 5.37 Å². The van der Waals surface area contributed by atoms with Crippen LogP contribution < -0.4 is 0 Å². The first kappa shape index (κ1) is 6.02. The van der Waals surface area contributed by atoms with E-state index in [4.69, 9.17) is 0 Å². The monoisotopic (exact) mass is 129 g/mol. The van der Waals surface area contributed by atoms with Gasteiger partial charge in [0.15, 0.2) is 0 Å². The molecule has 1 heterocycles. The molecule has 1 atom stereocenters. The molecule has 0 aliphatic carbocycles. The molecule has 1 aliphatic rings. The van der Waals surface area contributed by atoms with E-state index >= 15 is 0 Å². The van der Waals surface area contributed by atoms with Gasteiger partial charge in [-0.25, -0.2) is 0 Å². The minimum absolute atomic E-state index is 0.667. The molecule has 0 aromatic rings. The van der Waals surface area contributed by atoms with Crippen molar-refractivity contribution >= 4 is 11.8 Å². The molecule has 8 heavy (non-hydrogen) atoms. The van der Waals surface area contributed by atoms with Crippen molar-refractivity contribution in [2.45, 2.75) is 12.3 Å². The summed E-state index contributed by atoms with van der Waals surface area (Å²) in [5, 5.41) is 0.667. The topological polar surface area (TPSA) is 3.24 Å². The fourth-order valence-corrected chi connectivity index (χ4v) is 1.42. The summed E-state index contributed by atoms with van der Waals surface area (Å²) >= 11 is 1.97. The Morgan fingerprint density at radius 1 is 1.75 bits per heavy atom. The molecule has 0 N–H and O–H groups in total. The predicted molar refractivity (Wildman–Crippen MR) is 38.8 cm³/mol. The predicted octanol–water partition coefficient (Wildman–Crippen LogP) is 1.52. The SMILES string of the molecule is CC1SCC=CN1C. The van der Waals surface area contributed by atoms with E-state index in [2.05, 4.69) is 31.1 Å². The lowest BCUT2D eigenvalue weighted by molar-refractivity contribution is 0.446. The standard InChI is InChI=1S/C6H11NS/c1-6-7(2)4-3-5-8-6/h3-4,6H,5H2,1-2H3. The van der Waals surface area contributed by atoms with Crippen LogP contribution in [0.1, 0.15) is 6.92 Å². The summed E-state index contributed by atoms with van der Waals surface area (Å²) in [6.45, 7) is 2.22. The van der Waals surface area contributed by atoms with E-state index in [1.165, 1.54) is 5.75 Å². The summed E-state index contributed by atoms with van der Waals surface area (Å²) < 4.78 is 0. The largest absolute Gasteiger partial charge is 0.369 e. The van der Waals surface area contributed by atoms with E-state index in [-0.39, 0.29) is 0 Å². The second-order valence-corrected chi connectivity index (χ2v) is 3.33. The van der Waals surface area contributed by atoms with Crippen LogP contribution in [0.3, 0.4) is 0 Å². The molecule has 0 fully saturated rings. The summed E-state index contributed by atoms with van der Waals surface area (Å²) in [5.41, 5.74) is 0. The van der Waals surface area contributed by atoms with Gasteiger partial charge >= 0.3 is 0 Å². The first-order valence-corrected chi connectivity index (χ1v) is 3.86. The number of nitrogens with zero attached hydrogens (tertiary/aromatic N) is 1. The Hall–Kier alpha value is -0.110. The summed E-state index contributed by atoms with van der Waals surface area (Å²) in [6, 6.07) is 0. The van der Waals surface area contributed by atoms with Crippen LogP contribution >= 0.6 is 11.8 Å². The van der Waals surface area contributed by atoms with Crippen LogP contribution in [0, 0.1) is 0 Å². The van der Waals surface area contributed by atoms with Crippen molar-refractivity contribution in [2.24, 2.45) is 0 Å². The van der Waals surface area contributed by atoms with Crippen LogP contribution in [0.2, 0.25) is 0 Å². The van der Waals surface area contributed by atoms with Gasteiger partial charge in [-0.1, -0.05) is 6.08 Å². The van der Waals surface area contributed by atoms with Crippen LogP contribution in [0.25, 0.3) is 0 Å². The second kappa shape index (κ2) is 2.44. The first-order valence-electron chi connectivity index (χ1n) is 2.81. The molecule has 46 valence electrons. The van der Waals surface area contributed by atoms with Crippen molar-refractivity contribution in [1.29, 1.82) is 0 Å². The van der Waals surface area contributed by atoms with Gasteiger partial charge in [-0.2, -0.15) is 0 Å². The van der Waals surface area contributed by atoms with Crippen molar-refractivity contribution in [3.8, 4) is 0 Å². The highest BCUT2D eigenvalue weighted by molar-refractivity contribution is 8.00. The van der Waals surface area contributed by atoms with Gasteiger partial charge in [-0.15, -0.1) is 11.8 Å². The minimum Gasteiger partial charge on any atom is -0.369 e. The maximum Gasteiger partial charge on any atom is 0.0717 e. The molecule has 0 saturated heterocycles. The summed E-state index contributed by atoms with van der Waals surface area (Å²) in [7, 11) is 2.10. The number of thioether (sulfide) groups is 1. The minimum atomic E-state index is 0.667. The molecule has 0 saturated carbocycles. The Morgan fingerprint density at radius 2 is 2.50 bits per heavy atom. The Kier molecular flexibility index (Phi) is 1.84. The molecule has 0 bridgehead atoms. The molecule has 1 rings (SSSR count). The van der Waals surface area contributed by atoms with Crippen LogP contribution in [-0.2, 0) is 0 Å². The van der Waals surface area contributed by atoms with E-state index in [0.717, 1.165) is 0 Å². The highest BCUT2D eigenvalue weighted by Crippen LogP contribution is 2.17. The normalized spacial score (nSPS) is 28.8. The molecular formula is C6H11NS. The molecular weight excluding hydrogens is 118 g/mol. The molecule has 0 radical (unpaired) electrons. The highest BCUT2D eigenvalue weighted by Gasteiger charge is 2.06. The molecule has 1 aliphatic heterocycles. The molecule has 0 aromatic heterocycles. The molecule has 0 amide bonds. The third-order valence-corrected chi connectivity index (χ3v) is 2.55. The van der Waals surface area contributed by atoms with Crippen LogP contribution in [-0.4, -0.2) is 23.1 Å². The maximum absolute atomic E-state index is 2.22. The first-order chi connectivity index (χ1) is 3.80. The van der Waals surface area contributed by atoms with Gasteiger partial charge in [0, 0.05) is 12.8 Å². The van der Waals surface area contributed by atoms with Crippen LogP contribution in [0.5, 0.6) is 0 Å². The van der Waals surface area contributed by atoms with Crippen molar-refractivity contribution in [1.82, 2.24) is 4.90 Å². The zero-order chi connectivity index (χ0) is 5.98. The Balaban J connectivity index is 2.47. The van der Waals surface area contributed by atoms with Gasteiger partial charge in [-0.05, 0) is 13.1 Å². The van der Waals surface area contributed by atoms with Gasteiger partial charge < -0.3 is 4.90 Å².